The van der Waals surface area contributed by atoms with Crippen LogP contribution in [0, 0.1) is 10.1 Å². The first-order chi connectivity index (χ1) is 13.3. The van der Waals surface area contributed by atoms with Gasteiger partial charge in [-0.3, -0.25) is 10.1 Å². The Labute approximate surface area is 167 Å². The van der Waals surface area contributed by atoms with E-state index >= 15 is 0 Å². The average molecular weight is 421 g/mol. The number of thiazole rings is 1. The third-order valence-corrected chi connectivity index (χ3v) is 7.33. The van der Waals surface area contributed by atoms with Crippen molar-refractivity contribution < 1.29 is 13.3 Å². The number of anilines is 1. The average Bonchev–Trinajstić information content (AvgIpc) is 3.09. The van der Waals surface area contributed by atoms with Crippen LogP contribution in [0.5, 0.6) is 0 Å². The van der Waals surface area contributed by atoms with Gasteiger partial charge in [-0.2, -0.15) is 4.31 Å². The van der Waals surface area contributed by atoms with E-state index < -0.39 is 14.9 Å². The molecule has 3 aromatic rings. The summed E-state index contributed by atoms with van der Waals surface area (Å²) in [6, 6.07) is 11.3. The molecule has 0 saturated carbocycles. The van der Waals surface area contributed by atoms with E-state index in [9.17, 15) is 18.5 Å². The number of benzene rings is 2. The molecule has 8 nitrogen and oxygen atoms in total. The highest BCUT2D eigenvalue weighted by Crippen LogP contribution is 2.29. The van der Waals surface area contributed by atoms with E-state index in [0.29, 0.717) is 30.3 Å². The second kappa shape index (κ2) is 8.21. The summed E-state index contributed by atoms with van der Waals surface area (Å²) in [5.74, 6) is 0. The first kappa shape index (κ1) is 20.2. The number of nitro groups is 1. The molecule has 0 fully saturated rings. The van der Waals surface area contributed by atoms with Gasteiger partial charge in [-0.15, -0.1) is 0 Å². The minimum atomic E-state index is -3.47. The minimum absolute atomic E-state index is 0.0349. The lowest BCUT2D eigenvalue weighted by Crippen LogP contribution is -2.30. The van der Waals surface area contributed by atoms with Crippen LogP contribution in [-0.2, 0) is 16.6 Å². The van der Waals surface area contributed by atoms with Crippen LogP contribution < -0.4 is 5.32 Å². The SMILES string of the molecule is CCN(CC)S(=O)(=O)c1ccc(CNc2nc3ccc([N+](=O)[O-])cc3s2)cc1. The van der Waals surface area contributed by atoms with E-state index in [1.54, 1.807) is 30.3 Å². The zero-order chi connectivity index (χ0) is 20.3. The highest BCUT2D eigenvalue weighted by atomic mass is 32.2. The van der Waals surface area contributed by atoms with Crippen LogP contribution in [0.4, 0.5) is 10.8 Å². The zero-order valence-corrected chi connectivity index (χ0v) is 17.1. The van der Waals surface area contributed by atoms with Crippen LogP contribution in [0.15, 0.2) is 47.4 Å². The molecule has 0 amide bonds. The molecular weight excluding hydrogens is 400 g/mol. The summed E-state index contributed by atoms with van der Waals surface area (Å²) in [6.07, 6.45) is 0. The Bertz CT molecular complexity index is 1090. The maximum atomic E-state index is 12.5. The molecule has 28 heavy (non-hydrogen) atoms. The number of non-ortho nitro benzene ring substituents is 1. The highest BCUT2D eigenvalue weighted by molar-refractivity contribution is 7.89. The second-order valence-electron chi connectivity index (χ2n) is 6.01. The molecule has 1 N–H and O–H groups in total. The predicted octanol–water partition coefficient (Wildman–Crippen LogP) is 3.85. The van der Waals surface area contributed by atoms with Crippen molar-refractivity contribution in [1.29, 1.82) is 0 Å². The number of nitro benzene ring substituents is 1. The quantitative estimate of drug-likeness (QED) is 0.438. The van der Waals surface area contributed by atoms with E-state index in [1.807, 2.05) is 13.8 Å². The van der Waals surface area contributed by atoms with Gasteiger partial charge in [0, 0.05) is 31.8 Å². The van der Waals surface area contributed by atoms with Gasteiger partial charge in [0.2, 0.25) is 10.0 Å². The summed E-state index contributed by atoms with van der Waals surface area (Å²) in [5, 5.41) is 14.7. The van der Waals surface area contributed by atoms with E-state index in [0.717, 1.165) is 10.3 Å². The van der Waals surface area contributed by atoms with Crippen molar-refractivity contribution in [2.24, 2.45) is 0 Å². The molecule has 0 radical (unpaired) electrons. The molecule has 2 aromatic carbocycles. The lowest BCUT2D eigenvalue weighted by Gasteiger charge is -2.18. The van der Waals surface area contributed by atoms with Crippen molar-refractivity contribution in [2.45, 2.75) is 25.3 Å². The third-order valence-electron chi connectivity index (χ3n) is 4.29. The van der Waals surface area contributed by atoms with Gasteiger partial charge in [0.25, 0.3) is 5.69 Å². The van der Waals surface area contributed by atoms with Crippen LogP contribution in [0.25, 0.3) is 10.2 Å². The minimum Gasteiger partial charge on any atom is -0.357 e. The lowest BCUT2D eigenvalue weighted by molar-refractivity contribution is -0.384. The molecule has 0 saturated heterocycles. The second-order valence-corrected chi connectivity index (χ2v) is 8.98. The summed E-state index contributed by atoms with van der Waals surface area (Å²) >= 11 is 1.34. The molecule has 0 aliphatic carbocycles. The van der Waals surface area contributed by atoms with Crippen LogP contribution in [0.2, 0.25) is 0 Å². The van der Waals surface area contributed by atoms with Crippen molar-refractivity contribution in [3.8, 4) is 0 Å². The summed E-state index contributed by atoms with van der Waals surface area (Å²) in [6.45, 7) is 4.95. The molecular formula is C18H20N4O4S2. The maximum absolute atomic E-state index is 12.5. The standard InChI is InChI=1S/C18H20N4O4S2/c1-3-21(4-2)28(25,26)15-8-5-13(6-9-15)12-19-18-20-16-10-7-14(22(23)24)11-17(16)27-18/h5-11H,3-4,12H2,1-2H3,(H,19,20). The van der Waals surface area contributed by atoms with Gasteiger partial charge >= 0.3 is 0 Å². The fourth-order valence-electron chi connectivity index (χ4n) is 2.77. The van der Waals surface area contributed by atoms with Crippen molar-refractivity contribution in [2.75, 3.05) is 18.4 Å². The Kier molecular flexibility index (Phi) is 5.92. The van der Waals surface area contributed by atoms with Crippen molar-refractivity contribution in [3.05, 3.63) is 58.1 Å². The van der Waals surface area contributed by atoms with Gasteiger partial charge in [-0.1, -0.05) is 37.3 Å². The zero-order valence-electron chi connectivity index (χ0n) is 15.5. The Morgan fingerprint density at radius 3 is 2.43 bits per heavy atom. The normalized spacial score (nSPS) is 11.8. The number of sulfonamides is 1. The van der Waals surface area contributed by atoms with Gasteiger partial charge in [-0.25, -0.2) is 13.4 Å². The fourth-order valence-corrected chi connectivity index (χ4v) is 5.12. The Morgan fingerprint density at radius 1 is 1.14 bits per heavy atom. The van der Waals surface area contributed by atoms with Gasteiger partial charge in [-0.05, 0) is 23.8 Å². The number of nitrogens with zero attached hydrogens (tertiary/aromatic N) is 3. The van der Waals surface area contributed by atoms with Crippen molar-refractivity contribution >= 4 is 42.4 Å². The lowest BCUT2D eigenvalue weighted by atomic mass is 10.2. The largest absolute Gasteiger partial charge is 0.357 e. The first-order valence-corrected chi connectivity index (χ1v) is 11.0. The Morgan fingerprint density at radius 2 is 1.82 bits per heavy atom. The molecule has 0 atom stereocenters. The predicted molar refractivity (Wildman–Crippen MR) is 110 cm³/mol. The molecule has 0 aliphatic heterocycles. The number of rotatable bonds is 8. The molecule has 0 aliphatic rings. The summed E-state index contributed by atoms with van der Waals surface area (Å²) in [4.78, 5) is 15.1. The molecule has 0 unspecified atom stereocenters. The summed E-state index contributed by atoms with van der Waals surface area (Å²) in [7, 11) is -3.47. The molecule has 3 rings (SSSR count). The summed E-state index contributed by atoms with van der Waals surface area (Å²) in [5.41, 5.74) is 1.63. The number of fused-ring (bicyclic) bond motifs is 1. The number of aromatic nitrogens is 1. The molecule has 10 heteroatoms. The van der Waals surface area contributed by atoms with E-state index in [4.69, 9.17) is 0 Å². The van der Waals surface area contributed by atoms with Crippen LogP contribution in [-0.4, -0.2) is 35.7 Å². The molecule has 0 bridgehead atoms. The number of hydrogen-bond donors (Lipinski definition) is 1. The third kappa shape index (κ3) is 4.13. The summed E-state index contributed by atoms with van der Waals surface area (Å²) < 4.78 is 27.2. The maximum Gasteiger partial charge on any atom is 0.270 e. The van der Waals surface area contributed by atoms with Gasteiger partial charge in [0.15, 0.2) is 5.13 Å². The van der Waals surface area contributed by atoms with Gasteiger partial charge in [0.05, 0.1) is 20.0 Å². The molecule has 0 spiro atoms. The van der Waals surface area contributed by atoms with Crippen LogP contribution in [0.3, 0.4) is 0 Å². The highest BCUT2D eigenvalue weighted by Gasteiger charge is 2.21. The van der Waals surface area contributed by atoms with Gasteiger partial charge < -0.3 is 5.32 Å². The molecule has 1 heterocycles. The topological polar surface area (TPSA) is 105 Å². The van der Waals surface area contributed by atoms with Crippen molar-refractivity contribution in [1.82, 2.24) is 9.29 Å². The first-order valence-electron chi connectivity index (χ1n) is 8.73. The monoisotopic (exact) mass is 420 g/mol. The van der Waals surface area contributed by atoms with E-state index in [1.165, 1.54) is 27.8 Å². The van der Waals surface area contributed by atoms with Crippen LogP contribution >= 0.6 is 11.3 Å². The van der Waals surface area contributed by atoms with E-state index in [-0.39, 0.29) is 10.6 Å². The van der Waals surface area contributed by atoms with Gasteiger partial charge in [0.1, 0.15) is 0 Å². The number of hydrogen-bond acceptors (Lipinski definition) is 7. The molecule has 1 aromatic heterocycles. The smallest absolute Gasteiger partial charge is 0.270 e. The Hall–Kier alpha value is -2.56. The fraction of sp³-hybridized carbons (Fsp3) is 0.278. The van der Waals surface area contributed by atoms with Crippen molar-refractivity contribution in [3.63, 3.8) is 0 Å². The number of nitrogens with one attached hydrogen (secondary N) is 1. The van der Waals surface area contributed by atoms with Crippen LogP contribution in [0.1, 0.15) is 19.4 Å². The Balaban J connectivity index is 1.71. The molecule has 148 valence electrons. The van der Waals surface area contributed by atoms with E-state index in [2.05, 4.69) is 10.3 Å².